The Hall–Kier alpha value is -3.58. The fourth-order valence-corrected chi connectivity index (χ4v) is 5.60. The van der Waals surface area contributed by atoms with E-state index >= 15 is 0 Å². The third kappa shape index (κ3) is 8.98. The van der Waals surface area contributed by atoms with Crippen molar-refractivity contribution in [1.29, 1.82) is 0 Å². The molecule has 1 aliphatic heterocycles. The Morgan fingerprint density at radius 2 is 1.82 bits per heavy atom. The number of hydrogen-bond acceptors (Lipinski definition) is 8. The third-order valence-corrected chi connectivity index (χ3v) is 8.10. The van der Waals surface area contributed by atoms with Crippen molar-refractivity contribution in [1.82, 2.24) is 41.5 Å². The van der Waals surface area contributed by atoms with Gasteiger partial charge < -0.3 is 26.0 Å². The Kier molecular flexibility index (Phi) is 11.8. The van der Waals surface area contributed by atoms with Crippen LogP contribution < -0.4 is 16.0 Å². The molecule has 40 heavy (non-hydrogen) atoms. The summed E-state index contributed by atoms with van der Waals surface area (Å²) in [5.41, 5.74) is 0. The molecule has 1 saturated heterocycles. The number of rotatable bonds is 14. The van der Waals surface area contributed by atoms with Gasteiger partial charge >= 0.3 is 5.97 Å². The van der Waals surface area contributed by atoms with E-state index in [1.165, 1.54) is 6.42 Å². The van der Waals surface area contributed by atoms with E-state index in [1.54, 1.807) is 4.90 Å². The molecule has 2 aliphatic rings. The van der Waals surface area contributed by atoms with Gasteiger partial charge in [-0.05, 0) is 30.6 Å². The number of nitrogens with zero attached hydrogens (tertiary/aromatic N) is 4. The lowest BCUT2D eigenvalue weighted by molar-refractivity contribution is -0.139. The number of aromatic amines is 1. The first-order valence-electron chi connectivity index (χ1n) is 14.3. The van der Waals surface area contributed by atoms with Gasteiger partial charge in [0, 0.05) is 19.4 Å². The molecule has 14 nitrogen and oxygen atoms in total. The van der Waals surface area contributed by atoms with Crippen LogP contribution in [0, 0.1) is 17.8 Å². The van der Waals surface area contributed by atoms with Gasteiger partial charge in [-0.1, -0.05) is 57.6 Å². The molecule has 4 atom stereocenters. The number of carboxylic acid groups (broad SMARTS) is 1. The second kappa shape index (κ2) is 15.3. The van der Waals surface area contributed by atoms with Gasteiger partial charge in [-0.25, -0.2) is 0 Å². The number of hydrogen-bond donors (Lipinski definition) is 5. The van der Waals surface area contributed by atoms with Crippen LogP contribution in [0.5, 0.6) is 0 Å². The zero-order valence-corrected chi connectivity index (χ0v) is 23.4. The molecular weight excluding hydrogens is 520 g/mol. The Balaban J connectivity index is 1.61. The van der Waals surface area contributed by atoms with E-state index in [2.05, 4.69) is 36.6 Å². The van der Waals surface area contributed by atoms with Gasteiger partial charge in [0.05, 0.1) is 13.1 Å². The second-order valence-electron chi connectivity index (χ2n) is 10.9. The highest BCUT2D eigenvalue weighted by atomic mass is 16.4. The standard InChI is InChI=1S/C26H42N8O6/c1-3-16(2)24(29-21(35)10-7-11-23(37)38)26(40)28-14-22(36)34-15-18(17-8-5-4-6-9-17)12-19(34)25(39)27-13-20-30-32-33-31-20/h16-19,24H,3-15H2,1-2H3,(H,27,39)(H,28,40)(H,29,35)(H,37,38)(H,30,31,32,33)/t16-,18+,19-,24-/m0/s1. The monoisotopic (exact) mass is 562 g/mol. The lowest BCUT2D eigenvalue weighted by Crippen LogP contribution is -2.53. The molecular formula is C26H42N8O6. The van der Waals surface area contributed by atoms with Crippen LogP contribution in [0.15, 0.2) is 0 Å². The first-order valence-corrected chi connectivity index (χ1v) is 14.3. The fraction of sp³-hybridized carbons (Fsp3) is 0.769. The van der Waals surface area contributed by atoms with E-state index < -0.39 is 29.9 Å². The Morgan fingerprint density at radius 3 is 2.48 bits per heavy atom. The van der Waals surface area contributed by atoms with Crippen LogP contribution in [0.2, 0.25) is 0 Å². The Labute approximate surface area is 233 Å². The minimum absolute atomic E-state index is 0.0115. The van der Waals surface area contributed by atoms with Crippen molar-refractivity contribution in [3.8, 4) is 0 Å². The Morgan fingerprint density at radius 1 is 1.07 bits per heavy atom. The van der Waals surface area contributed by atoms with Crippen LogP contribution in [0.4, 0.5) is 0 Å². The van der Waals surface area contributed by atoms with Gasteiger partial charge in [-0.2, -0.15) is 5.21 Å². The van der Waals surface area contributed by atoms with E-state index in [-0.39, 0.29) is 56.0 Å². The van der Waals surface area contributed by atoms with Gasteiger partial charge in [0.1, 0.15) is 12.1 Å². The van der Waals surface area contributed by atoms with Crippen molar-refractivity contribution in [2.75, 3.05) is 13.1 Å². The van der Waals surface area contributed by atoms with Gasteiger partial charge in [-0.3, -0.25) is 24.0 Å². The largest absolute Gasteiger partial charge is 0.481 e. The summed E-state index contributed by atoms with van der Waals surface area (Å²) in [6.45, 7) is 3.95. The van der Waals surface area contributed by atoms with Crippen LogP contribution in [-0.2, 0) is 30.5 Å². The van der Waals surface area contributed by atoms with Gasteiger partial charge in [0.15, 0.2) is 5.82 Å². The predicted molar refractivity (Wildman–Crippen MR) is 142 cm³/mol. The van der Waals surface area contributed by atoms with Gasteiger partial charge in [-0.15, -0.1) is 10.2 Å². The number of H-pyrrole nitrogens is 1. The summed E-state index contributed by atoms with van der Waals surface area (Å²) in [6, 6.07) is -1.53. The lowest BCUT2D eigenvalue weighted by Gasteiger charge is -2.28. The van der Waals surface area contributed by atoms with Crippen LogP contribution in [0.3, 0.4) is 0 Å². The summed E-state index contributed by atoms with van der Waals surface area (Å²) in [6.07, 6.45) is 6.88. The summed E-state index contributed by atoms with van der Waals surface area (Å²) >= 11 is 0. The van der Waals surface area contributed by atoms with Crippen molar-refractivity contribution in [3.05, 3.63) is 5.82 Å². The fourth-order valence-electron chi connectivity index (χ4n) is 5.60. The number of aromatic nitrogens is 4. The van der Waals surface area contributed by atoms with Crippen LogP contribution in [-0.4, -0.2) is 85.4 Å². The number of likely N-dealkylation sites (tertiary alicyclic amines) is 1. The molecule has 222 valence electrons. The normalized spacial score (nSPS) is 20.9. The molecule has 2 heterocycles. The van der Waals surface area contributed by atoms with E-state index in [0.717, 1.165) is 25.7 Å². The molecule has 1 aromatic heterocycles. The lowest BCUT2D eigenvalue weighted by atomic mass is 9.79. The molecule has 4 amide bonds. The highest BCUT2D eigenvalue weighted by Gasteiger charge is 2.42. The number of tetrazole rings is 1. The van der Waals surface area contributed by atoms with Crippen molar-refractivity contribution in [2.24, 2.45) is 17.8 Å². The molecule has 3 rings (SSSR count). The first kappa shape index (κ1) is 31.0. The molecule has 5 N–H and O–H groups in total. The summed E-state index contributed by atoms with van der Waals surface area (Å²) in [7, 11) is 0. The Bertz CT molecular complexity index is 1010. The minimum atomic E-state index is -0.989. The van der Waals surface area contributed by atoms with Crippen molar-refractivity contribution >= 4 is 29.6 Å². The summed E-state index contributed by atoms with van der Waals surface area (Å²) in [4.78, 5) is 64.2. The number of aliphatic carboxylic acids is 1. The topological polar surface area (TPSA) is 199 Å². The van der Waals surface area contributed by atoms with E-state index in [1.807, 2.05) is 13.8 Å². The molecule has 0 spiro atoms. The molecule has 0 aromatic carbocycles. The van der Waals surface area contributed by atoms with Crippen LogP contribution >= 0.6 is 0 Å². The SMILES string of the molecule is CC[C@H](C)[C@H](NC(=O)CCCC(=O)O)C(=O)NCC(=O)N1C[C@H](C2CCCCC2)C[C@H]1C(=O)NCc1nn[nH]n1. The number of carbonyl (C=O) groups is 5. The maximum atomic E-state index is 13.4. The molecule has 1 saturated carbocycles. The molecule has 0 radical (unpaired) electrons. The van der Waals surface area contributed by atoms with Gasteiger partial charge in [0.25, 0.3) is 0 Å². The third-order valence-electron chi connectivity index (χ3n) is 8.10. The minimum Gasteiger partial charge on any atom is -0.481 e. The van der Waals surface area contributed by atoms with Gasteiger partial charge in [0.2, 0.25) is 23.6 Å². The number of nitrogens with one attached hydrogen (secondary N) is 4. The van der Waals surface area contributed by atoms with Crippen molar-refractivity contribution in [3.63, 3.8) is 0 Å². The second-order valence-corrected chi connectivity index (χ2v) is 10.9. The maximum Gasteiger partial charge on any atom is 0.303 e. The summed E-state index contributed by atoms with van der Waals surface area (Å²) in [5, 5.41) is 30.4. The molecule has 14 heteroatoms. The zero-order chi connectivity index (χ0) is 29.1. The number of carboxylic acids is 1. The highest BCUT2D eigenvalue weighted by molar-refractivity contribution is 5.93. The molecule has 0 bridgehead atoms. The summed E-state index contributed by atoms with van der Waals surface area (Å²) < 4.78 is 0. The van der Waals surface area contributed by atoms with Crippen molar-refractivity contribution < 1.29 is 29.1 Å². The average molecular weight is 563 g/mol. The van der Waals surface area contributed by atoms with E-state index in [4.69, 9.17) is 5.11 Å². The summed E-state index contributed by atoms with van der Waals surface area (Å²) in [5.74, 6) is -1.76. The molecule has 2 fully saturated rings. The maximum absolute atomic E-state index is 13.4. The van der Waals surface area contributed by atoms with Crippen molar-refractivity contribution in [2.45, 2.75) is 96.7 Å². The zero-order valence-electron chi connectivity index (χ0n) is 23.4. The van der Waals surface area contributed by atoms with E-state index in [0.29, 0.717) is 31.1 Å². The quantitative estimate of drug-likeness (QED) is 0.214. The molecule has 1 aromatic rings. The molecule has 0 unspecified atom stereocenters. The van der Waals surface area contributed by atoms with E-state index in [9.17, 15) is 24.0 Å². The molecule has 1 aliphatic carbocycles. The average Bonchev–Trinajstić information content (AvgIpc) is 3.64. The number of carbonyl (C=O) groups excluding carboxylic acids is 4. The van der Waals surface area contributed by atoms with Crippen LogP contribution in [0.1, 0.15) is 83.9 Å². The smallest absolute Gasteiger partial charge is 0.303 e. The highest BCUT2D eigenvalue weighted by Crippen LogP contribution is 2.37. The predicted octanol–water partition coefficient (Wildman–Crippen LogP) is 0.515. The number of amides is 4. The van der Waals surface area contributed by atoms with Crippen LogP contribution in [0.25, 0.3) is 0 Å². The first-order chi connectivity index (χ1) is 19.2.